The second-order valence-electron chi connectivity index (χ2n) is 8.95. The van der Waals surface area contributed by atoms with Crippen molar-refractivity contribution < 1.29 is 13.2 Å². The molecule has 1 aliphatic rings. The standard InChI is InChI=1S/C27H31N3O3S/c1-20-8-9-25(18-21(20)2)29-34(32,33)26-12-10-24(11-13-26)28-27(31)23-14-16-30(17-15-23)19-22-6-4-3-5-7-22/h3-13,18,23,29H,14-17,19H2,1-2H3,(H,28,31). The van der Waals surface area contributed by atoms with E-state index in [0.29, 0.717) is 11.4 Å². The topological polar surface area (TPSA) is 78.5 Å². The van der Waals surface area contributed by atoms with Crippen LogP contribution in [0.25, 0.3) is 0 Å². The van der Waals surface area contributed by atoms with Crippen LogP contribution in [0.4, 0.5) is 11.4 Å². The van der Waals surface area contributed by atoms with E-state index in [-0.39, 0.29) is 16.7 Å². The highest BCUT2D eigenvalue weighted by Gasteiger charge is 2.25. The van der Waals surface area contributed by atoms with Gasteiger partial charge in [-0.05, 0) is 92.9 Å². The van der Waals surface area contributed by atoms with E-state index in [1.165, 1.54) is 17.7 Å². The van der Waals surface area contributed by atoms with Crippen molar-refractivity contribution >= 4 is 27.3 Å². The number of nitrogens with zero attached hydrogens (tertiary/aromatic N) is 1. The summed E-state index contributed by atoms with van der Waals surface area (Å²) in [5, 5.41) is 2.95. The molecule has 0 bridgehead atoms. The Labute approximate surface area is 202 Å². The van der Waals surface area contributed by atoms with E-state index in [4.69, 9.17) is 0 Å². The number of sulfonamides is 1. The number of hydrogen-bond donors (Lipinski definition) is 2. The van der Waals surface area contributed by atoms with Crippen molar-refractivity contribution in [2.75, 3.05) is 23.1 Å². The first-order chi connectivity index (χ1) is 16.3. The molecular weight excluding hydrogens is 446 g/mol. The van der Waals surface area contributed by atoms with Gasteiger partial charge in [0.1, 0.15) is 0 Å². The summed E-state index contributed by atoms with van der Waals surface area (Å²) in [5.74, 6) is -0.0508. The van der Waals surface area contributed by atoms with E-state index in [1.807, 2.05) is 44.2 Å². The summed E-state index contributed by atoms with van der Waals surface area (Å²) < 4.78 is 28.1. The van der Waals surface area contributed by atoms with Gasteiger partial charge in [-0.3, -0.25) is 14.4 Å². The van der Waals surface area contributed by atoms with E-state index in [9.17, 15) is 13.2 Å². The van der Waals surface area contributed by atoms with Gasteiger partial charge in [-0.2, -0.15) is 0 Å². The molecule has 0 aromatic heterocycles. The van der Waals surface area contributed by atoms with Crippen LogP contribution in [-0.2, 0) is 21.4 Å². The molecule has 4 rings (SSSR count). The molecule has 0 saturated carbocycles. The van der Waals surface area contributed by atoms with Gasteiger partial charge in [-0.25, -0.2) is 8.42 Å². The van der Waals surface area contributed by atoms with Gasteiger partial charge in [0.2, 0.25) is 5.91 Å². The molecular formula is C27H31N3O3S. The fraction of sp³-hybridized carbons (Fsp3) is 0.296. The lowest BCUT2D eigenvalue weighted by Gasteiger charge is -2.31. The largest absolute Gasteiger partial charge is 0.326 e. The molecule has 1 fully saturated rings. The third-order valence-electron chi connectivity index (χ3n) is 6.40. The number of carbonyl (C=O) groups is 1. The van der Waals surface area contributed by atoms with Gasteiger partial charge in [0.15, 0.2) is 0 Å². The molecule has 3 aromatic rings. The fourth-order valence-corrected chi connectivity index (χ4v) is 5.23. The van der Waals surface area contributed by atoms with Gasteiger partial charge >= 0.3 is 0 Å². The van der Waals surface area contributed by atoms with Crippen LogP contribution in [0.2, 0.25) is 0 Å². The normalized spacial score (nSPS) is 15.1. The van der Waals surface area contributed by atoms with Gasteiger partial charge in [-0.15, -0.1) is 0 Å². The predicted molar refractivity (Wildman–Crippen MR) is 136 cm³/mol. The van der Waals surface area contributed by atoms with Crippen LogP contribution >= 0.6 is 0 Å². The fourth-order valence-electron chi connectivity index (χ4n) is 4.18. The molecule has 0 aliphatic carbocycles. The maximum absolute atomic E-state index is 12.8. The number of piperidine rings is 1. The van der Waals surface area contributed by atoms with Crippen molar-refractivity contribution in [3.05, 3.63) is 89.5 Å². The summed E-state index contributed by atoms with van der Waals surface area (Å²) >= 11 is 0. The van der Waals surface area contributed by atoms with E-state index in [2.05, 4.69) is 27.1 Å². The van der Waals surface area contributed by atoms with Gasteiger partial charge in [0, 0.05) is 23.8 Å². The first-order valence-corrected chi connectivity index (χ1v) is 13.1. The molecule has 178 valence electrons. The second kappa shape index (κ2) is 10.4. The van der Waals surface area contributed by atoms with Crippen LogP contribution in [0.15, 0.2) is 77.7 Å². The van der Waals surface area contributed by atoms with E-state index in [1.54, 1.807) is 18.2 Å². The summed E-state index contributed by atoms with van der Waals surface area (Å²) in [6.45, 7) is 6.59. The summed E-state index contributed by atoms with van der Waals surface area (Å²) in [6.07, 6.45) is 1.62. The van der Waals surface area contributed by atoms with Crippen molar-refractivity contribution in [2.24, 2.45) is 5.92 Å². The zero-order chi connectivity index (χ0) is 24.1. The van der Waals surface area contributed by atoms with Gasteiger partial charge in [-0.1, -0.05) is 36.4 Å². The Bertz CT molecular complexity index is 1230. The molecule has 0 unspecified atom stereocenters. The number of rotatable bonds is 7. The molecule has 1 aliphatic heterocycles. The smallest absolute Gasteiger partial charge is 0.261 e. The van der Waals surface area contributed by atoms with Gasteiger partial charge in [0.25, 0.3) is 10.0 Å². The Kier molecular flexibility index (Phi) is 7.34. The molecule has 2 N–H and O–H groups in total. The van der Waals surface area contributed by atoms with Gasteiger partial charge < -0.3 is 5.32 Å². The second-order valence-corrected chi connectivity index (χ2v) is 10.6. The monoisotopic (exact) mass is 477 g/mol. The zero-order valence-corrected chi connectivity index (χ0v) is 20.4. The average molecular weight is 478 g/mol. The van der Waals surface area contributed by atoms with E-state index >= 15 is 0 Å². The lowest BCUT2D eigenvalue weighted by atomic mass is 9.95. The van der Waals surface area contributed by atoms with Crippen molar-refractivity contribution in [1.29, 1.82) is 0 Å². The van der Waals surface area contributed by atoms with Crippen LogP contribution in [0, 0.1) is 19.8 Å². The third-order valence-corrected chi connectivity index (χ3v) is 7.80. The lowest BCUT2D eigenvalue weighted by molar-refractivity contribution is -0.121. The number of nitrogens with one attached hydrogen (secondary N) is 2. The molecule has 1 heterocycles. The van der Waals surface area contributed by atoms with E-state index < -0.39 is 10.0 Å². The van der Waals surface area contributed by atoms with Crippen LogP contribution < -0.4 is 10.0 Å². The van der Waals surface area contributed by atoms with Crippen LogP contribution in [-0.4, -0.2) is 32.3 Å². The number of likely N-dealkylation sites (tertiary alicyclic amines) is 1. The first kappa shape index (κ1) is 24.0. The number of aryl methyl sites for hydroxylation is 2. The maximum Gasteiger partial charge on any atom is 0.261 e. The molecule has 0 spiro atoms. The van der Waals surface area contributed by atoms with Crippen molar-refractivity contribution in [2.45, 2.75) is 38.1 Å². The Hall–Kier alpha value is -3.16. The molecule has 1 saturated heterocycles. The minimum absolute atomic E-state index is 0.0109. The Morgan fingerprint density at radius 1 is 0.882 bits per heavy atom. The number of amides is 1. The Balaban J connectivity index is 1.31. The Morgan fingerprint density at radius 3 is 2.18 bits per heavy atom. The SMILES string of the molecule is Cc1ccc(NS(=O)(=O)c2ccc(NC(=O)C3CCN(Cc4ccccc4)CC3)cc2)cc1C. The minimum Gasteiger partial charge on any atom is -0.326 e. The van der Waals surface area contributed by atoms with Crippen LogP contribution in [0.1, 0.15) is 29.5 Å². The average Bonchev–Trinajstić information content (AvgIpc) is 2.83. The van der Waals surface area contributed by atoms with Crippen molar-refractivity contribution in [3.63, 3.8) is 0 Å². The number of anilines is 2. The zero-order valence-electron chi connectivity index (χ0n) is 19.6. The summed E-state index contributed by atoms with van der Waals surface area (Å²) in [5.41, 5.74) is 4.53. The molecule has 6 nitrogen and oxygen atoms in total. The van der Waals surface area contributed by atoms with E-state index in [0.717, 1.165) is 43.6 Å². The number of benzene rings is 3. The van der Waals surface area contributed by atoms with Crippen LogP contribution in [0.5, 0.6) is 0 Å². The molecule has 3 aromatic carbocycles. The van der Waals surface area contributed by atoms with Crippen LogP contribution in [0.3, 0.4) is 0 Å². The Morgan fingerprint density at radius 2 is 1.53 bits per heavy atom. The predicted octanol–water partition coefficient (Wildman–Crippen LogP) is 4.95. The molecule has 7 heteroatoms. The molecule has 0 radical (unpaired) electrons. The summed E-state index contributed by atoms with van der Waals surface area (Å²) in [6, 6.07) is 22.1. The first-order valence-electron chi connectivity index (χ1n) is 11.6. The minimum atomic E-state index is -3.71. The highest BCUT2D eigenvalue weighted by atomic mass is 32.2. The molecule has 1 amide bonds. The van der Waals surface area contributed by atoms with Crippen molar-refractivity contribution in [3.8, 4) is 0 Å². The highest BCUT2D eigenvalue weighted by Crippen LogP contribution is 2.23. The third kappa shape index (κ3) is 6.04. The summed E-state index contributed by atoms with van der Waals surface area (Å²) in [7, 11) is -3.71. The maximum atomic E-state index is 12.8. The quantitative estimate of drug-likeness (QED) is 0.504. The number of carbonyl (C=O) groups excluding carboxylic acids is 1. The number of hydrogen-bond acceptors (Lipinski definition) is 4. The molecule has 0 atom stereocenters. The van der Waals surface area contributed by atoms with Crippen molar-refractivity contribution in [1.82, 2.24) is 4.90 Å². The highest BCUT2D eigenvalue weighted by molar-refractivity contribution is 7.92. The molecule has 34 heavy (non-hydrogen) atoms. The van der Waals surface area contributed by atoms with Gasteiger partial charge in [0.05, 0.1) is 4.90 Å². The summed E-state index contributed by atoms with van der Waals surface area (Å²) in [4.78, 5) is 15.3. The lowest BCUT2D eigenvalue weighted by Crippen LogP contribution is -2.37.